The first-order chi connectivity index (χ1) is 14.5. The van der Waals surface area contributed by atoms with Crippen LogP contribution >= 0.6 is 0 Å². The first-order valence-corrected chi connectivity index (χ1v) is 10.4. The van der Waals surface area contributed by atoms with Crippen molar-refractivity contribution in [2.75, 3.05) is 20.2 Å². The molecule has 0 unspecified atom stereocenters. The molecule has 2 aromatic carbocycles. The fraction of sp³-hybridized carbons (Fsp3) is 0.375. The largest absolute Gasteiger partial charge is 0.479 e. The summed E-state index contributed by atoms with van der Waals surface area (Å²) >= 11 is 0. The van der Waals surface area contributed by atoms with E-state index in [2.05, 4.69) is 44.5 Å². The molecular weight excluding hydrogens is 376 g/mol. The van der Waals surface area contributed by atoms with Crippen LogP contribution < -0.4 is 10.1 Å². The number of benzene rings is 2. The molecule has 1 amide bonds. The van der Waals surface area contributed by atoms with Crippen molar-refractivity contribution in [3.05, 3.63) is 64.8 Å². The molecule has 1 aromatic heterocycles. The van der Waals surface area contributed by atoms with Gasteiger partial charge in [-0.05, 0) is 55.5 Å². The minimum absolute atomic E-state index is 0.131. The maximum absolute atomic E-state index is 13.0. The van der Waals surface area contributed by atoms with E-state index in [1.54, 1.807) is 0 Å². The molecule has 0 spiro atoms. The van der Waals surface area contributed by atoms with E-state index in [0.717, 1.165) is 49.1 Å². The number of rotatable bonds is 5. The molecule has 6 heteroatoms. The van der Waals surface area contributed by atoms with Gasteiger partial charge in [0, 0.05) is 25.7 Å². The molecule has 3 aromatic rings. The highest BCUT2D eigenvalue weighted by Crippen LogP contribution is 2.22. The molecule has 156 valence electrons. The predicted molar refractivity (Wildman–Crippen MR) is 118 cm³/mol. The highest BCUT2D eigenvalue weighted by atomic mass is 16.5. The number of fused-ring (bicyclic) bond motifs is 1. The second-order valence-corrected chi connectivity index (χ2v) is 8.02. The highest BCUT2D eigenvalue weighted by molar-refractivity contribution is 5.96. The van der Waals surface area contributed by atoms with Crippen molar-refractivity contribution in [2.24, 2.45) is 0 Å². The number of carbonyl (C=O) groups is 1. The molecule has 1 fully saturated rings. The Morgan fingerprint density at radius 1 is 1.07 bits per heavy atom. The van der Waals surface area contributed by atoms with E-state index in [9.17, 15) is 4.79 Å². The van der Waals surface area contributed by atoms with Crippen molar-refractivity contribution in [1.29, 1.82) is 0 Å². The average molecular weight is 405 g/mol. The van der Waals surface area contributed by atoms with Gasteiger partial charge in [-0.15, -0.1) is 0 Å². The summed E-state index contributed by atoms with van der Waals surface area (Å²) < 4.78 is 5.37. The molecule has 0 saturated carbocycles. The van der Waals surface area contributed by atoms with Crippen LogP contribution in [0.25, 0.3) is 11.0 Å². The van der Waals surface area contributed by atoms with E-state index in [4.69, 9.17) is 4.74 Å². The van der Waals surface area contributed by atoms with Crippen molar-refractivity contribution in [3.63, 3.8) is 0 Å². The molecule has 1 aliphatic rings. The van der Waals surface area contributed by atoms with Crippen LogP contribution in [-0.2, 0) is 6.54 Å². The van der Waals surface area contributed by atoms with E-state index in [0.29, 0.717) is 5.52 Å². The van der Waals surface area contributed by atoms with Crippen LogP contribution in [0.2, 0.25) is 0 Å². The highest BCUT2D eigenvalue weighted by Gasteiger charge is 2.24. The average Bonchev–Trinajstić information content (AvgIpc) is 2.76. The summed E-state index contributed by atoms with van der Waals surface area (Å²) in [6, 6.07) is 14.6. The number of aromatic nitrogens is 2. The molecule has 0 radical (unpaired) electrons. The number of carbonyl (C=O) groups excluding carboxylic acids is 1. The maximum atomic E-state index is 13.0. The smallest absolute Gasteiger partial charge is 0.275 e. The molecule has 1 saturated heterocycles. The van der Waals surface area contributed by atoms with Gasteiger partial charge in [-0.1, -0.05) is 30.3 Å². The number of methoxy groups -OCH3 is 1. The Kier molecular flexibility index (Phi) is 5.95. The van der Waals surface area contributed by atoms with Gasteiger partial charge in [-0.25, -0.2) is 9.97 Å². The zero-order chi connectivity index (χ0) is 21.1. The van der Waals surface area contributed by atoms with E-state index in [-0.39, 0.29) is 23.5 Å². The number of nitrogens with one attached hydrogen (secondary N) is 1. The van der Waals surface area contributed by atoms with Crippen LogP contribution in [0.1, 0.15) is 40.0 Å². The van der Waals surface area contributed by atoms with E-state index < -0.39 is 0 Å². The molecule has 0 aliphatic carbocycles. The number of aryl methyl sites for hydroxylation is 2. The standard InChI is InChI=1S/C24H28N4O2/c1-16-13-20-21(14-17(16)2)27-24(30-3)22(26-20)23(29)25-19-9-11-28(12-10-19)15-18-7-5-4-6-8-18/h4-8,13-14,19H,9-12,15H2,1-3H3,(H,25,29). The topological polar surface area (TPSA) is 67.3 Å². The summed E-state index contributed by atoms with van der Waals surface area (Å²) in [5.41, 5.74) is 5.28. The van der Waals surface area contributed by atoms with Crippen molar-refractivity contribution >= 4 is 16.9 Å². The molecule has 0 atom stereocenters. The third kappa shape index (κ3) is 4.44. The fourth-order valence-corrected chi connectivity index (χ4v) is 3.92. The van der Waals surface area contributed by atoms with Gasteiger partial charge in [0.2, 0.25) is 5.88 Å². The van der Waals surface area contributed by atoms with Gasteiger partial charge in [-0.3, -0.25) is 9.69 Å². The normalized spacial score (nSPS) is 15.3. The predicted octanol–water partition coefficient (Wildman–Crippen LogP) is 3.65. The lowest BCUT2D eigenvalue weighted by atomic mass is 10.0. The summed E-state index contributed by atoms with van der Waals surface area (Å²) in [4.78, 5) is 24.5. The Morgan fingerprint density at radius 2 is 1.70 bits per heavy atom. The summed E-state index contributed by atoms with van der Waals surface area (Å²) in [5.74, 6) is 0.0470. The number of ether oxygens (including phenoxy) is 1. The van der Waals surface area contributed by atoms with Crippen molar-refractivity contribution in [3.8, 4) is 5.88 Å². The van der Waals surface area contributed by atoms with Gasteiger partial charge in [0.25, 0.3) is 5.91 Å². The second kappa shape index (κ2) is 8.79. The summed E-state index contributed by atoms with van der Waals surface area (Å²) in [6.07, 6.45) is 1.83. The molecule has 1 N–H and O–H groups in total. The Balaban J connectivity index is 1.42. The van der Waals surface area contributed by atoms with Crippen LogP contribution in [0, 0.1) is 13.8 Å². The van der Waals surface area contributed by atoms with Gasteiger partial charge in [0.15, 0.2) is 5.69 Å². The molecule has 6 nitrogen and oxygen atoms in total. The van der Waals surface area contributed by atoms with Crippen molar-refractivity contribution < 1.29 is 9.53 Å². The number of nitrogens with zero attached hydrogens (tertiary/aromatic N) is 3. The lowest BCUT2D eigenvalue weighted by Gasteiger charge is -2.32. The maximum Gasteiger partial charge on any atom is 0.275 e. The minimum atomic E-state index is -0.221. The van der Waals surface area contributed by atoms with E-state index in [1.807, 2.05) is 32.0 Å². The molecular formula is C24H28N4O2. The van der Waals surface area contributed by atoms with E-state index in [1.165, 1.54) is 12.7 Å². The number of amides is 1. The third-order valence-electron chi connectivity index (χ3n) is 5.83. The minimum Gasteiger partial charge on any atom is -0.479 e. The second-order valence-electron chi connectivity index (χ2n) is 8.02. The Hall–Kier alpha value is -2.99. The van der Waals surface area contributed by atoms with Gasteiger partial charge in [-0.2, -0.15) is 0 Å². The Labute approximate surface area is 177 Å². The molecule has 4 rings (SSSR count). The number of hydrogen-bond acceptors (Lipinski definition) is 5. The summed E-state index contributed by atoms with van der Waals surface area (Å²) in [5, 5.41) is 3.14. The van der Waals surface area contributed by atoms with Crippen LogP contribution in [-0.4, -0.2) is 47.0 Å². The van der Waals surface area contributed by atoms with Gasteiger partial charge < -0.3 is 10.1 Å². The van der Waals surface area contributed by atoms with Gasteiger partial charge in [0.05, 0.1) is 18.1 Å². The Bertz CT molecular complexity index is 1040. The molecule has 2 heterocycles. The third-order valence-corrected chi connectivity index (χ3v) is 5.83. The molecule has 0 bridgehead atoms. The van der Waals surface area contributed by atoms with Crippen LogP contribution in [0.15, 0.2) is 42.5 Å². The van der Waals surface area contributed by atoms with Crippen LogP contribution in [0.5, 0.6) is 5.88 Å². The van der Waals surface area contributed by atoms with E-state index >= 15 is 0 Å². The lowest BCUT2D eigenvalue weighted by Crippen LogP contribution is -2.44. The zero-order valence-corrected chi connectivity index (χ0v) is 17.8. The van der Waals surface area contributed by atoms with Gasteiger partial charge >= 0.3 is 0 Å². The summed E-state index contributed by atoms with van der Waals surface area (Å²) in [6.45, 7) is 6.93. The fourth-order valence-electron chi connectivity index (χ4n) is 3.92. The number of piperidine rings is 1. The monoisotopic (exact) mass is 404 g/mol. The Morgan fingerprint density at radius 3 is 2.33 bits per heavy atom. The number of hydrogen-bond donors (Lipinski definition) is 1. The first kappa shape index (κ1) is 20.3. The van der Waals surface area contributed by atoms with Crippen molar-refractivity contribution in [1.82, 2.24) is 20.2 Å². The summed E-state index contributed by atoms with van der Waals surface area (Å²) in [7, 11) is 1.52. The van der Waals surface area contributed by atoms with Crippen molar-refractivity contribution in [2.45, 2.75) is 39.3 Å². The quantitative estimate of drug-likeness (QED) is 0.703. The first-order valence-electron chi connectivity index (χ1n) is 10.4. The van der Waals surface area contributed by atoms with Crippen LogP contribution in [0.4, 0.5) is 0 Å². The zero-order valence-electron chi connectivity index (χ0n) is 17.8. The van der Waals surface area contributed by atoms with Gasteiger partial charge in [0.1, 0.15) is 0 Å². The number of likely N-dealkylation sites (tertiary alicyclic amines) is 1. The molecule has 30 heavy (non-hydrogen) atoms. The lowest BCUT2D eigenvalue weighted by molar-refractivity contribution is 0.0900. The van der Waals surface area contributed by atoms with Crippen LogP contribution in [0.3, 0.4) is 0 Å². The SMILES string of the molecule is COc1nc2cc(C)c(C)cc2nc1C(=O)NC1CCN(Cc2ccccc2)CC1. The molecule has 1 aliphatic heterocycles.